The third-order valence-electron chi connectivity index (χ3n) is 4.39. The molecule has 0 bridgehead atoms. The molecule has 3 N–H and O–H groups in total. The molecule has 112 valence electrons. The maximum Gasteiger partial charge on any atom is 0.220 e. The van der Waals surface area contributed by atoms with Gasteiger partial charge in [0.15, 0.2) is 0 Å². The zero-order chi connectivity index (χ0) is 15.0. The van der Waals surface area contributed by atoms with Gasteiger partial charge >= 0.3 is 0 Å². The lowest BCUT2D eigenvalue weighted by atomic mass is 9.85. The molecule has 3 rings (SSSR count). The fraction of sp³-hybridized carbons (Fsp3) is 0.467. The molecular formula is C15H18FN3OS. The summed E-state index contributed by atoms with van der Waals surface area (Å²) in [5.74, 6) is 0.248. The number of anilines is 1. The van der Waals surface area contributed by atoms with Gasteiger partial charge in [0.1, 0.15) is 10.8 Å². The summed E-state index contributed by atoms with van der Waals surface area (Å²) in [4.78, 5) is 13.9. The molecule has 0 aromatic heterocycles. The lowest BCUT2D eigenvalue weighted by Crippen LogP contribution is -2.54. The second-order valence-electron chi connectivity index (χ2n) is 5.73. The Balaban J connectivity index is 1.82. The number of nitrogens with zero attached hydrogens (tertiary/aromatic N) is 1. The van der Waals surface area contributed by atoms with Gasteiger partial charge in [0.05, 0.1) is 0 Å². The van der Waals surface area contributed by atoms with Crippen LogP contribution in [0, 0.1) is 11.7 Å². The first kappa shape index (κ1) is 14.3. The number of nitrogens with one attached hydrogen (secondary N) is 1. The number of carbonyl (C=O) groups is 1. The van der Waals surface area contributed by atoms with E-state index in [2.05, 4.69) is 10.2 Å². The molecule has 2 unspecified atom stereocenters. The molecule has 0 saturated carbocycles. The smallest absolute Gasteiger partial charge is 0.220 e. The van der Waals surface area contributed by atoms with Gasteiger partial charge in [-0.15, -0.1) is 0 Å². The van der Waals surface area contributed by atoms with Crippen LogP contribution in [0.1, 0.15) is 24.8 Å². The SMILES string of the molecule is NC(=S)c1cc(F)ccc1N1CCC2NC(=O)CCC2C1. The van der Waals surface area contributed by atoms with E-state index in [1.165, 1.54) is 12.1 Å². The minimum absolute atomic E-state index is 0.148. The summed E-state index contributed by atoms with van der Waals surface area (Å²) in [5, 5.41) is 3.06. The molecule has 0 spiro atoms. The highest BCUT2D eigenvalue weighted by molar-refractivity contribution is 7.80. The molecule has 2 heterocycles. The second kappa shape index (κ2) is 5.60. The molecular weight excluding hydrogens is 289 g/mol. The van der Waals surface area contributed by atoms with Crippen molar-refractivity contribution in [3.05, 3.63) is 29.6 Å². The molecule has 1 amide bonds. The van der Waals surface area contributed by atoms with Crippen molar-refractivity contribution in [1.29, 1.82) is 0 Å². The molecule has 6 heteroatoms. The summed E-state index contributed by atoms with van der Waals surface area (Å²) in [7, 11) is 0. The van der Waals surface area contributed by atoms with E-state index in [-0.39, 0.29) is 22.8 Å². The van der Waals surface area contributed by atoms with Gasteiger partial charge in [0, 0.05) is 36.8 Å². The average Bonchev–Trinajstić information content (AvgIpc) is 2.46. The summed E-state index contributed by atoms with van der Waals surface area (Å²) in [5.41, 5.74) is 7.20. The Labute approximate surface area is 128 Å². The summed E-state index contributed by atoms with van der Waals surface area (Å²) >= 11 is 5.04. The third-order valence-corrected chi connectivity index (χ3v) is 4.61. The Morgan fingerprint density at radius 3 is 3.00 bits per heavy atom. The highest BCUT2D eigenvalue weighted by Gasteiger charge is 2.34. The first-order chi connectivity index (χ1) is 10.0. The minimum atomic E-state index is -0.332. The summed E-state index contributed by atoms with van der Waals surface area (Å²) in [6, 6.07) is 4.83. The molecule has 21 heavy (non-hydrogen) atoms. The van der Waals surface area contributed by atoms with Crippen LogP contribution in [0.25, 0.3) is 0 Å². The van der Waals surface area contributed by atoms with E-state index in [4.69, 9.17) is 18.0 Å². The molecule has 1 aromatic carbocycles. The monoisotopic (exact) mass is 307 g/mol. The van der Waals surface area contributed by atoms with E-state index < -0.39 is 0 Å². The van der Waals surface area contributed by atoms with E-state index in [0.717, 1.165) is 31.6 Å². The van der Waals surface area contributed by atoms with Gasteiger partial charge in [-0.25, -0.2) is 4.39 Å². The lowest BCUT2D eigenvalue weighted by molar-refractivity contribution is -0.124. The number of thiocarbonyl (C=S) groups is 1. The number of amides is 1. The Kier molecular flexibility index (Phi) is 3.80. The first-order valence-electron chi connectivity index (χ1n) is 7.18. The number of nitrogens with two attached hydrogens (primary N) is 1. The van der Waals surface area contributed by atoms with E-state index in [1.807, 2.05) is 0 Å². The van der Waals surface area contributed by atoms with Gasteiger partial charge in [0.2, 0.25) is 5.91 Å². The van der Waals surface area contributed by atoms with Crippen molar-refractivity contribution in [2.45, 2.75) is 25.3 Å². The number of benzene rings is 1. The minimum Gasteiger partial charge on any atom is -0.389 e. The molecule has 2 saturated heterocycles. The number of hydrogen-bond acceptors (Lipinski definition) is 3. The molecule has 2 fully saturated rings. The normalized spacial score (nSPS) is 25.2. The van der Waals surface area contributed by atoms with Crippen LogP contribution in [0.2, 0.25) is 0 Å². The van der Waals surface area contributed by atoms with Gasteiger partial charge in [-0.1, -0.05) is 12.2 Å². The summed E-state index contributed by atoms with van der Waals surface area (Å²) in [6.07, 6.45) is 2.38. The highest BCUT2D eigenvalue weighted by atomic mass is 32.1. The number of hydrogen-bond donors (Lipinski definition) is 2. The van der Waals surface area contributed by atoms with Gasteiger partial charge < -0.3 is 16.0 Å². The lowest BCUT2D eigenvalue weighted by Gasteiger charge is -2.42. The largest absolute Gasteiger partial charge is 0.389 e. The number of fused-ring (bicyclic) bond motifs is 1. The first-order valence-corrected chi connectivity index (χ1v) is 7.59. The number of rotatable bonds is 2. The molecule has 0 aliphatic carbocycles. The molecule has 4 nitrogen and oxygen atoms in total. The van der Waals surface area contributed by atoms with Gasteiger partial charge in [-0.3, -0.25) is 4.79 Å². The van der Waals surface area contributed by atoms with Gasteiger partial charge in [-0.2, -0.15) is 0 Å². The molecule has 2 aliphatic heterocycles. The Bertz CT molecular complexity index is 592. The Hall–Kier alpha value is -1.69. The zero-order valence-electron chi connectivity index (χ0n) is 11.6. The van der Waals surface area contributed by atoms with Crippen molar-refractivity contribution in [3.63, 3.8) is 0 Å². The van der Waals surface area contributed by atoms with Crippen LogP contribution >= 0.6 is 12.2 Å². The van der Waals surface area contributed by atoms with Crippen LogP contribution in [0.3, 0.4) is 0 Å². The standard InChI is InChI=1S/C15H18FN3OS/c16-10-2-3-13(11(7-10)15(17)21)19-6-5-12-9(8-19)1-4-14(20)18-12/h2-3,7,9,12H,1,4-6,8H2,(H2,17,21)(H,18,20). The van der Waals surface area contributed by atoms with E-state index in [9.17, 15) is 9.18 Å². The Morgan fingerprint density at radius 1 is 1.43 bits per heavy atom. The van der Waals surface area contributed by atoms with Crippen LogP contribution in [0.5, 0.6) is 0 Å². The number of carbonyl (C=O) groups excluding carboxylic acids is 1. The summed E-state index contributed by atoms with van der Waals surface area (Å²) in [6.45, 7) is 1.65. The highest BCUT2D eigenvalue weighted by Crippen LogP contribution is 2.30. The maximum atomic E-state index is 13.4. The fourth-order valence-electron chi connectivity index (χ4n) is 3.31. The number of piperidine rings is 2. The molecule has 1 aromatic rings. The quantitative estimate of drug-likeness (QED) is 0.814. The van der Waals surface area contributed by atoms with Crippen molar-refractivity contribution in [3.8, 4) is 0 Å². The van der Waals surface area contributed by atoms with Gasteiger partial charge in [0.25, 0.3) is 0 Å². The molecule has 2 atom stereocenters. The van der Waals surface area contributed by atoms with Gasteiger partial charge in [-0.05, 0) is 37.0 Å². The van der Waals surface area contributed by atoms with Crippen molar-refractivity contribution in [2.24, 2.45) is 11.7 Å². The summed E-state index contributed by atoms with van der Waals surface area (Å²) < 4.78 is 13.4. The van der Waals surface area contributed by atoms with Crippen LogP contribution in [0.4, 0.5) is 10.1 Å². The van der Waals surface area contributed by atoms with Crippen LogP contribution in [-0.2, 0) is 4.79 Å². The average molecular weight is 307 g/mol. The zero-order valence-corrected chi connectivity index (χ0v) is 12.5. The van der Waals surface area contributed by atoms with Crippen molar-refractivity contribution >= 4 is 28.8 Å². The maximum absolute atomic E-state index is 13.4. The van der Waals surface area contributed by atoms with E-state index in [0.29, 0.717) is 17.9 Å². The topological polar surface area (TPSA) is 58.4 Å². The van der Waals surface area contributed by atoms with E-state index in [1.54, 1.807) is 6.07 Å². The third kappa shape index (κ3) is 2.85. The molecule has 2 aliphatic rings. The number of halogens is 1. The van der Waals surface area contributed by atoms with Crippen LogP contribution in [0.15, 0.2) is 18.2 Å². The second-order valence-corrected chi connectivity index (χ2v) is 6.17. The molecule has 0 radical (unpaired) electrons. The van der Waals surface area contributed by atoms with Crippen molar-refractivity contribution < 1.29 is 9.18 Å². The van der Waals surface area contributed by atoms with Crippen LogP contribution < -0.4 is 16.0 Å². The Morgan fingerprint density at radius 2 is 2.24 bits per heavy atom. The van der Waals surface area contributed by atoms with E-state index >= 15 is 0 Å². The van der Waals surface area contributed by atoms with Crippen LogP contribution in [-0.4, -0.2) is 30.0 Å². The fourth-order valence-corrected chi connectivity index (χ4v) is 3.47. The predicted molar refractivity (Wildman–Crippen MR) is 83.8 cm³/mol. The van der Waals surface area contributed by atoms with Crippen molar-refractivity contribution in [1.82, 2.24) is 5.32 Å². The predicted octanol–water partition coefficient (Wildman–Crippen LogP) is 1.56. The van der Waals surface area contributed by atoms with Crippen molar-refractivity contribution in [2.75, 3.05) is 18.0 Å².